The predicted molar refractivity (Wildman–Crippen MR) is 74.1 cm³/mol. The van der Waals surface area contributed by atoms with E-state index in [4.69, 9.17) is 14.2 Å². The Balaban J connectivity index is 2.12. The molecule has 2 rings (SSSR count). The smallest absolute Gasteiger partial charge is 0.327 e. The summed E-state index contributed by atoms with van der Waals surface area (Å²) in [5.74, 6) is -0.843. The van der Waals surface area contributed by atoms with Crippen molar-refractivity contribution < 1.29 is 19.0 Å². The fourth-order valence-electron chi connectivity index (χ4n) is 2.29. The van der Waals surface area contributed by atoms with Gasteiger partial charge in [-0.2, -0.15) is 0 Å². The number of hydrogen-bond donors (Lipinski definition) is 1. The van der Waals surface area contributed by atoms with E-state index >= 15 is 0 Å². The molecule has 0 amide bonds. The van der Waals surface area contributed by atoms with Crippen molar-refractivity contribution in [1.82, 2.24) is 5.32 Å². The number of ether oxygens (including phenoxy) is 3. The zero-order valence-corrected chi connectivity index (χ0v) is 12.3. The van der Waals surface area contributed by atoms with Gasteiger partial charge < -0.3 is 19.5 Å². The van der Waals surface area contributed by atoms with Crippen LogP contribution < -0.4 is 5.32 Å². The molecule has 1 aromatic rings. The topological polar surface area (TPSA) is 56.8 Å². The van der Waals surface area contributed by atoms with Gasteiger partial charge in [-0.15, -0.1) is 0 Å². The highest BCUT2D eigenvalue weighted by molar-refractivity contribution is 5.77. The fraction of sp³-hybridized carbons (Fsp3) is 0.533. The lowest BCUT2D eigenvalue weighted by molar-refractivity contribution is -0.143. The summed E-state index contributed by atoms with van der Waals surface area (Å²) in [7, 11) is 3.11. The van der Waals surface area contributed by atoms with Gasteiger partial charge >= 0.3 is 5.97 Å². The van der Waals surface area contributed by atoms with Crippen LogP contribution in [-0.2, 0) is 19.0 Å². The number of likely N-dealkylation sites (N-methyl/N-ethyl adjacent to an activating group) is 1. The normalized spacial score (nSPS) is 22.5. The van der Waals surface area contributed by atoms with Crippen LogP contribution in [0.25, 0.3) is 0 Å². The van der Waals surface area contributed by atoms with Gasteiger partial charge in [-0.1, -0.05) is 24.3 Å². The Bertz CT molecular complexity index is 469. The molecule has 5 nitrogen and oxygen atoms in total. The molecule has 2 atom stereocenters. The molecule has 1 fully saturated rings. The summed E-state index contributed by atoms with van der Waals surface area (Å²) in [6.45, 7) is 4.34. The van der Waals surface area contributed by atoms with Crippen LogP contribution in [0.2, 0.25) is 0 Å². The highest BCUT2D eigenvalue weighted by atomic mass is 16.7. The van der Waals surface area contributed by atoms with Gasteiger partial charge in [0.25, 0.3) is 0 Å². The lowest BCUT2D eigenvalue weighted by Crippen LogP contribution is -2.26. The Morgan fingerprint density at radius 1 is 1.40 bits per heavy atom. The van der Waals surface area contributed by atoms with Gasteiger partial charge in [-0.25, -0.2) is 4.79 Å². The first-order valence-electron chi connectivity index (χ1n) is 6.63. The van der Waals surface area contributed by atoms with Crippen molar-refractivity contribution in [2.45, 2.75) is 31.8 Å². The van der Waals surface area contributed by atoms with Crippen LogP contribution in [0, 0.1) is 0 Å². The minimum absolute atomic E-state index is 0.0646. The van der Waals surface area contributed by atoms with Crippen molar-refractivity contribution in [2.75, 3.05) is 20.8 Å². The van der Waals surface area contributed by atoms with Crippen LogP contribution in [0.5, 0.6) is 0 Å². The van der Waals surface area contributed by atoms with E-state index in [0.717, 1.165) is 11.1 Å². The van der Waals surface area contributed by atoms with Gasteiger partial charge in [0.1, 0.15) is 12.1 Å². The van der Waals surface area contributed by atoms with E-state index in [9.17, 15) is 4.79 Å². The minimum atomic E-state index is -0.539. The van der Waals surface area contributed by atoms with E-state index in [-0.39, 0.29) is 12.1 Å². The van der Waals surface area contributed by atoms with Crippen molar-refractivity contribution in [3.8, 4) is 0 Å². The molecule has 1 aliphatic heterocycles. The van der Waals surface area contributed by atoms with Crippen LogP contribution >= 0.6 is 0 Å². The first-order valence-corrected chi connectivity index (χ1v) is 6.63. The van der Waals surface area contributed by atoms with Gasteiger partial charge in [0, 0.05) is 0 Å². The Labute approximate surface area is 119 Å². The number of hydrogen-bond acceptors (Lipinski definition) is 5. The molecule has 0 bridgehead atoms. The number of carbonyl (C=O) groups is 1. The monoisotopic (exact) mass is 279 g/mol. The molecule has 2 unspecified atom stereocenters. The van der Waals surface area contributed by atoms with Gasteiger partial charge in [-0.3, -0.25) is 0 Å². The average molecular weight is 279 g/mol. The molecular weight excluding hydrogens is 258 g/mol. The molecule has 1 saturated heterocycles. The highest BCUT2D eigenvalue weighted by Gasteiger charge is 2.33. The summed E-state index contributed by atoms with van der Waals surface area (Å²) in [6, 6.07) is 7.27. The van der Waals surface area contributed by atoms with Crippen LogP contribution in [0.4, 0.5) is 0 Å². The van der Waals surface area contributed by atoms with Crippen molar-refractivity contribution in [1.29, 1.82) is 0 Å². The zero-order chi connectivity index (χ0) is 14.8. The summed E-state index contributed by atoms with van der Waals surface area (Å²) in [4.78, 5) is 11.6. The lowest BCUT2D eigenvalue weighted by atomic mass is 10.0. The van der Waals surface area contributed by atoms with Gasteiger partial charge in [0.2, 0.25) is 0 Å². The Hall–Kier alpha value is -1.43. The standard InChI is InChI=1S/C15H21NO4/c1-15(2)19-9-12(20-15)10-5-7-11(8-6-10)13(16-3)14(17)18-4/h5-8,12-13,16H,9H2,1-4H3. The molecule has 110 valence electrons. The molecule has 0 saturated carbocycles. The van der Waals surface area contributed by atoms with Crippen LogP contribution in [0.1, 0.15) is 37.1 Å². The Morgan fingerprint density at radius 2 is 2.05 bits per heavy atom. The first-order chi connectivity index (χ1) is 9.46. The second-order valence-electron chi connectivity index (χ2n) is 5.23. The van der Waals surface area contributed by atoms with E-state index in [1.807, 2.05) is 38.1 Å². The van der Waals surface area contributed by atoms with Crippen LogP contribution in [0.3, 0.4) is 0 Å². The maximum Gasteiger partial charge on any atom is 0.327 e. The zero-order valence-electron chi connectivity index (χ0n) is 12.3. The third-order valence-corrected chi connectivity index (χ3v) is 3.38. The molecule has 1 aromatic carbocycles. The average Bonchev–Trinajstić information content (AvgIpc) is 2.80. The van der Waals surface area contributed by atoms with E-state index in [1.54, 1.807) is 7.05 Å². The van der Waals surface area contributed by atoms with E-state index in [2.05, 4.69) is 5.32 Å². The number of esters is 1. The first kappa shape index (κ1) is 15.0. The Morgan fingerprint density at radius 3 is 2.50 bits per heavy atom. The SMILES string of the molecule is CNC(C(=O)OC)c1ccc(C2COC(C)(C)O2)cc1. The number of carbonyl (C=O) groups excluding carboxylic acids is 1. The summed E-state index contributed by atoms with van der Waals surface area (Å²) in [5.41, 5.74) is 1.90. The van der Waals surface area contributed by atoms with Crippen LogP contribution in [0.15, 0.2) is 24.3 Å². The van der Waals surface area contributed by atoms with E-state index < -0.39 is 11.8 Å². The fourth-order valence-corrected chi connectivity index (χ4v) is 2.29. The summed E-state index contributed by atoms with van der Waals surface area (Å²) in [5, 5.41) is 2.94. The number of nitrogens with one attached hydrogen (secondary N) is 1. The second kappa shape index (κ2) is 5.91. The molecule has 0 aromatic heterocycles. The predicted octanol–water partition coefficient (Wildman–Crippen LogP) is 1.94. The lowest BCUT2D eigenvalue weighted by Gasteiger charge is -2.18. The largest absolute Gasteiger partial charge is 0.468 e. The number of benzene rings is 1. The maximum atomic E-state index is 11.6. The van der Waals surface area contributed by atoms with Crippen molar-refractivity contribution in [3.63, 3.8) is 0 Å². The minimum Gasteiger partial charge on any atom is -0.468 e. The molecule has 0 aliphatic carbocycles. The number of rotatable bonds is 4. The van der Waals surface area contributed by atoms with Crippen molar-refractivity contribution in [3.05, 3.63) is 35.4 Å². The number of methoxy groups -OCH3 is 1. The molecule has 20 heavy (non-hydrogen) atoms. The van der Waals surface area contributed by atoms with E-state index in [0.29, 0.717) is 6.61 Å². The highest BCUT2D eigenvalue weighted by Crippen LogP contribution is 2.33. The van der Waals surface area contributed by atoms with E-state index in [1.165, 1.54) is 7.11 Å². The third kappa shape index (κ3) is 3.17. The molecule has 5 heteroatoms. The van der Waals surface area contributed by atoms with Gasteiger partial charge in [0.05, 0.1) is 13.7 Å². The van der Waals surface area contributed by atoms with Gasteiger partial charge in [0.15, 0.2) is 5.79 Å². The van der Waals surface area contributed by atoms with Crippen molar-refractivity contribution in [2.24, 2.45) is 0 Å². The Kier molecular flexibility index (Phi) is 4.42. The summed E-state index contributed by atoms with van der Waals surface area (Å²) < 4.78 is 16.1. The molecule has 1 aliphatic rings. The molecule has 1 heterocycles. The third-order valence-electron chi connectivity index (χ3n) is 3.38. The quantitative estimate of drug-likeness (QED) is 0.854. The van der Waals surface area contributed by atoms with Gasteiger partial charge in [-0.05, 0) is 32.0 Å². The molecule has 0 spiro atoms. The summed E-state index contributed by atoms with van der Waals surface area (Å²) in [6.07, 6.45) is -0.0646. The molecule has 1 N–H and O–H groups in total. The molecular formula is C15H21NO4. The summed E-state index contributed by atoms with van der Waals surface area (Å²) >= 11 is 0. The maximum absolute atomic E-state index is 11.6. The van der Waals surface area contributed by atoms with Crippen LogP contribution in [-0.4, -0.2) is 32.5 Å². The van der Waals surface area contributed by atoms with Crippen molar-refractivity contribution >= 4 is 5.97 Å². The molecule has 0 radical (unpaired) electrons. The second-order valence-corrected chi connectivity index (χ2v) is 5.23.